The Morgan fingerprint density at radius 3 is 2.43 bits per heavy atom. The van der Waals surface area contributed by atoms with Crippen LogP contribution >= 0.6 is 0 Å². The molecule has 0 saturated heterocycles. The molecule has 0 fully saturated rings. The van der Waals surface area contributed by atoms with Gasteiger partial charge in [-0.05, 0) is 19.2 Å². The Balaban J connectivity index is 2.40. The maximum absolute atomic E-state index is 12.5. The van der Waals surface area contributed by atoms with Crippen molar-refractivity contribution in [2.75, 3.05) is 7.05 Å². The molecule has 2 aromatic rings. The Morgan fingerprint density at radius 1 is 1.29 bits per heavy atom. The molecule has 0 saturated carbocycles. The molecular weight excluding hydrogens is 300 g/mol. The van der Waals surface area contributed by atoms with Crippen LogP contribution in [-0.2, 0) is 23.4 Å². The van der Waals surface area contributed by atoms with E-state index in [0.29, 0.717) is 17.8 Å². The van der Waals surface area contributed by atoms with Gasteiger partial charge in [-0.1, -0.05) is 12.1 Å². The zero-order valence-electron chi connectivity index (χ0n) is 11.5. The zero-order chi connectivity index (χ0) is 15.6. The molecule has 1 aromatic heterocycles. The predicted octanol–water partition coefficient (Wildman–Crippen LogP) is 1.80. The maximum atomic E-state index is 12.5. The summed E-state index contributed by atoms with van der Waals surface area (Å²) in [4.78, 5) is -0.396. The van der Waals surface area contributed by atoms with E-state index >= 15 is 0 Å². The average molecular weight is 315 g/mol. The fourth-order valence-corrected chi connectivity index (χ4v) is 2.73. The van der Waals surface area contributed by atoms with Crippen molar-refractivity contribution in [3.05, 3.63) is 36.0 Å². The lowest BCUT2D eigenvalue weighted by Gasteiger charge is -2.05. The molecule has 21 heavy (non-hydrogen) atoms. The quantitative estimate of drug-likeness (QED) is 0.914. The Labute approximate surface area is 121 Å². The van der Waals surface area contributed by atoms with Gasteiger partial charge < -0.3 is 5.32 Å². The summed E-state index contributed by atoms with van der Waals surface area (Å²) >= 11 is 0. The SMILES string of the molecule is CNCc1cn(C)nc1-c1ccc(S(=O)(=O)C(F)F)cc1. The molecule has 0 aliphatic rings. The largest absolute Gasteiger partial charge is 0.341 e. The lowest BCUT2D eigenvalue weighted by Crippen LogP contribution is -2.11. The molecule has 0 bridgehead atoms. The summed E-state index contributed by atoms with van der Waals surface area (Å²) in [6, 6.07) is 5.32. The molecule has 0 radical (unpaired) electrons. The van der Waals surface area contributed by atoms with Crippen LogP contribution in [0.1, 0.15) is 5.56 Å². The second-order valence-corrected chi connectivity index (χ2v) is 6.45. The van der Waals surface area contributed by atoms with E-state index in [1.54, 1.807) is 18.8 Å². The van der Waals surface area contributed by atoms with E-state index in [1.165, 1.54) is 24.3 Å². The maximum Gasteiger partial charge on any atom is 0.341 e. The summed E-state index contributed by atoms with van der Waals surface area (Å²) in [7, 11) is -0.986. The number of rotatable bonds is 5. The van der Waals surface area contributed by atoms with E-state index in [0.717, 1.165) is 5.56 Å². The van der Waals surface area contributed by atoms with Gasteiger partial charge in [-0.2, -0.15) is 13.9 Å². The molecular formula is C13H15F2N3O2S. The van der Waals surface area contributed by atoms with Gasteiger partial charge in [0, 0.05) is 30.9 Å². The van der Waals surface area contributed by atoms with Crippen molar-refractivity contribution in [1.29, 1.82) is 0 Å². The first-order valence-corrected chi connectivity index (χ1v) is 7.70. The van der Waals surface area contributed by atoms with Crippen molar-refractivity contribution in [3.63, 3.8) is 0 Å². The van der Waals surface area contributed by atoms with Crippen LogP contribution in [0.15, 0.2) is 35.4 Å². The molecule has 1 aromatic carbocycles. The average Bonchev–Trinajstić information content (AvgIpc) is 2.80. The lowest BCUT2D eigenvalue weighted by atomic mass is 10.1. The Morgan fingerprint density at radius 2 is 1.90 bits per heavy atom. The predicted molar refractivity (Wildman–Crippen MR) is 74.6 cm³/mol. The number of nitrogens with one attached hydrogen (secondary N) is 1. The molecule has 0 unspecified atom stereocenters. The third kappa shape index (κ3) is 3.11. The van der Waals surface area contributed by atoms with E-state index in [4.69, 9.17) is 0 Å². The number of hydrogen-bond donors (Lipinski definition) is 1. The second-order valence-electron chi connectivity index (χ2n) is 4.54. The van der Waals surface area contributed by atoms with Gasteiger partial charge in [-0.15, -0.1) is 0 Å². The normalized spacial score (nSPS) is 12.0. The van der Waals surface area contributed by atoms with Crippen LogP contribution in [0, 0.1) is 0 Å². The number of sulfone groups is 1. The topological polar surface area (TPSA) is 64.0 Å². The number of hydrogen-bond acceptors (Lipinski definition) is 4. The molecule has 0 aliphatic carbocycles. The van der Waals surface area contributed by atoms with Gasteiger partial charge in [0.2, 0.25) is 9.84 Å². The van der Waals surface area contributed by atoms with Crippen molar-refractivity contribution in [1.82, 2.24) is 15.1 Å². The minimum absolute atomic E-state index is 0.396. The molecule has 0 aliphatic heterocycles. The monoisotopic (exact) mass is 315 g/mol. The second kappa shape index (κ2) is 5.90. The minimum atomic E-state index is -4.56. The van der Waals surface area contributed by atoms with Gasteiger partial charge in [0.25, 0.3) is 0 Å². The van der Waals surface area contributed by atoms with E-state index in [9.17, 15) is 17.2 Å². The Kier molecular flexibility index (Phi) is 4.38. The van der Waals surface area contributed by atoms with Gasteiger partial charge in [0.05, 0.1) is 10.6 Å². The first-order valence-electron chi connectivity index (χ1n) is 6.16. The van der Waals surface area contributed by atoms with Gasteiger partial charge in [0.15, 0.2) is 0 Å². The number of halogens is 2. The van der Waals surface area contributed by atoms with Gasteiger partial charge in [0.1, 0.15) is 0 Å². The summed E-state index contributed by atoms with van der Waals surface area (Å²) in [6.07, 6.45) is 1.84. The third-order valence-corrected chi connectivity index (χ3v) is 4.36. The fourth-order valence-electron chi connectivity index (χ4n) is 2.01. The molecule has 5 nitrogen and oxygen atoms in total. The van der Waals surface area contributed by atoms with Crippen molar-refractivity contribution >= 4 is 9.84 Å². The highest BCUT2D eigenvalue weighted by Crippen LogP contribution is 2.25. The summed E-state index contributed by atoms with van der Waals surface area (Å²) in [5, 5.41) is 7.32. The van der Waals surface area contributed by atoms with E-state index in [-0.39, 0.29) is 0 Å². The molecule has 114 valence electrons. The number of aryl methyl sites for hydroxylation is 1. The van der Waals surface area contributed by atoms with E-state index < -0.39 is 20.5 Å². The van der Waals surface area contributed by atoms with Crippen molar-refractivity contribution < 1.29 is 17.2 Å². The van der Waals surface area contributed by atoms with E-state index in [2.05, 4.69) is 10.4 Å². The van der Waals surface area contributed by atoms with Crippen LogP contribution in [0.2, 0.25) is 0 Å². The molecule has 8 heteroatoms. The zero-order valence-corrected chi connectivity index (χ0v) is 12.4. The summed E-state index contributed by atoms with van der Waals surface area (Å²) < 4.78 is 49.3. The Hall–Kier alpha value is -1.80. The van der Waals surface area contributed by atoms with Crippen LogP contribution < -0.4 is 5.32 Å². The highest BCUT2D eigenvalue weighted by molar-refractivity contribution is 7.91. The lowest BCUT2D eigenvalue weighted by molar-refractivity contribution is 0.234. The van der Waals surface area contributed by atoms with Gasteiger partial charge in [-0.25, -0.2) is 8.42 Å². The molecule has 0 atom stereocenters. The molecule has 0 spiro atoms. The van der Waals surface area contributed by atoms with Crippen LogP contribution in [0.3, 0.4) is 0 Å². The van der Waals surface area contributed by atoms with E-state index in [1.807, 2.05) is 6.20 Å². The summed E-state index contributed by atoms with van der Waals surface area (Å²) in [5.74, 6) is -3.42. The molecule has 1 N–H and O–H groups in total. The highest BCUT2D eigenvalue weighted by atomic mass is 32.2. The number of alkyl halides is 2. The van der Waals surface area contributed by atoms with Crippen molar-refractivity contribution in [2.24, 2.45) is 7.05 Å². The van der Waals surface area contributed by atoms with Crippen LogP contribution in [-0.4, -0.2) is 31.0 Å². The van der Waals surface area contributed by atoms with Crippen molar-refractivity contribution in [3.8, 4) is 11.3 Å². The number of benzene rings is 1. The third-order valence-electron chi connectivity index (χ3n) is 2.96. The summed E-state index contributed by atoms with van der Waals surface area (Å²) in [5.41, 5.74) is 2.30. The molecule has 2 rings (SSSR count). The minimum Gasteiger partial charge on any atom is -0.316 e. The summed E-state index contributed by atoms with van der Waals surface area (Å²) in [6.45, 7) is 0.597. The van der Waals surface area contributed by atoms with Gasteiger partial charge in [-0.3, -0.25) is 4.68 Å². The van der Waals surface area contributed by atoms with Crippen LogP contribution in [0.4, 0.5) is 8.78 Å². The number of aromatic nitrogens is 2. The molecule has 1 heterocycles. The van der Waals surface area contributed by atoms with Crippen LogP contribution in [0.25, 0.3) is 11.3 Å². The first-order chi connectivity index (χ1) is 9.86. The van der Waals surface area contributed by atoms with Crippen LogP contribution in [0.5, 0.6) is 0 Å². The number of nitrogens with zero attached hydrogens (tertiary/aromatic N) is 2. The highest BCUT2D eigenvalue weighted by Gasteiger charge is 2.26. The first kappa shape index (κ1) is 15.6. The standard InChI is InChI=1S/C13H15F2N3O2S/c1-16-7-10-8-18(2)17-12(10)9-3-5-11(6-4-9)21(19,20)13(14)15/h3-6,8,13,16H,7H2,1-2H3. The van der Waals surface area contributed by atoms with Crippen molar-refractivity contribution in [2.45, 2.75) is 17.2 Å². The van der Waals surface area contributed by atoms with Gasteiger partial charge >= 0.3 is 5.76 Å². The molecule has 0 amide bonds. The fraction of sp³-hybridized carbons (Fsp3) is 0.308. The Bertz CT molecular complexity index is 724. The smallest absolute Gasteiger partial charge is 0.316 e.